The van der Waals surface area contributed by atoms with Crippen molar-refractivity contribution in [3.8, 4) is 0 Å². The minimum atomic E-state index is -1.11. The number of anilines is 2. The Balaban J connectivity index is 2.05. The van der Waals surface area contributed by atoms with Crippen molar-refractivity contribution < 1.29 is 15.0 Å². The Morgan fingerprint density at radius 3 is 2.58 bits per heavy atom. The molecule has 4 N–H and O–H groups in total. The van der Waals surface area contributed by atoms with E-state index in [2.05, 4.69) is 0 Å². The fraction of sp³-hybridized carbons (Fsp3) is 0.462. The molecule has 1 aromatic rings. The monoisotopic (exact) mass is 284 g/mol. The van der Waals surface area contributed by atoms with Gasteiger partial charge >= 0.3 is 5.97 Å². The van der Waals surface area contributed by atoms with Gasteiger partial charge in [-0.1, -0.05) is 11.6 Å². The van der Waals surface area contributed by atoms with Gasteiger partial charge in [-0.15, -0.1) is 0 Å². The second-order valence-electron chi connectivity index (χ2n) is 4.99. The van der Waals surface area contributed by atoms with Crippen molar-refractivity contribution in [3.63, 3.8) is 0 Å². The molecule has 1 fully saturated rings. The fourth-order valence-corrected chi connectivity index (χ4v) is 2.71. The smallest absolute Gasteiger partial charge is 0.306 e. The quantitative estimate of drug-likeness (QED) is 0.736. The molecule has 6 heteroatoms. The zero-order valence-corrected chi connectivity index (χ0v) is 11.2. The highest BCUT2D eigenvalue weighted by molar-refractivity contribution is 6.33. The zero-order valence-electron chi connectivity index (χ0n) is 10.5. The van der Waals surface area contributed by atoms with Crippen LogP contribution in [-0.2, 0) is 4.79 Å². The summed E-state index contributed by atoms with van der Waals surface area (Å²) in [5.74, 6) is -0.971. The summed E-state index contributed by atoms with van der Waals surface area (Å²) in [5.41, 5.74) is 6.01. The first-order chi connectivity index (χ1) is 8.89. The molecule has 1 heterocycles. The van der Waals surface area contributed by atoms with Crippen LogP contribution in [0.5, 0.6) is 0 Å². The number of benzene rings is 1. The minimum Gasteiger partial charge on any atom is -0.481 e. The van der Waals surface area contributed by atoms with Crippen LogP contribution in [0.4, 0.5) is 11.4 Å². The average molecular weight is 285 g/mol. The van der Waals surface area contributed by atoms with Crippen LogP contribution < -0.4 is 10.6 Å². The average Bonchev–Trinajstić information content (AvgIpc) is 2.29. The van der Waals surface area contributed by atoms with Gasteiger partial charge in [0.1, 0.15) is 0 Å². The van der Waals surface area contributed by atoms with E-state index in [1.807, 2.05) is 11.0 Å². The Labute approximate surface area is 116 Å². The molecule has 1 aliphatic rings. The van der Waals surface area contributed by atoms with Crippen LogP contribution in [0.1, 0.15) is 19.3 Å². The molecule has 1 aliphatic heterocycles. The maximum Gasteiger partial charge on any atom is 0.306 e. The standard InChI is InChI=1S/C13H17ClN2O3/c14-10-7-9(15)1-2-11(10)16-5-3-13(19,4-6-16)8-12(17)18/h1-2,7,19H,3-6,8,15H2,(H,17,18). The van der Waals surface area contributed by atoms with Gasteiger partial charge in [-0.25, -0.2) is 0 Å². The van der Waals surface area contributed by atoms with Crippen LogP contribution in [0.25, 0.3) is 0 Å². The van der Waals surface area contributed by atoms with Gasteiger partial charge in [0.15, 0.2) is 0 Å². The lowest BCUT2D eigenvalue weighted by Gasteiger charge is -2.38. The lowest BCUT2D eigenvalue weighted by Crippen LogP contribution is -2.45. The van der Waals surface area contributed by atoms with Crippen molar-refractivity contribution in [1.29, 1.82) is 0 Å². The van der Waals surface area contributed by atoms with Gasteiger partial charge in [0.2, 0.25) is 0 Å². The van der Waals surface area contributed by atoms with E-state index in [0.29, 0.717) is 36.6 Å². The van der Waals surface area contributed by atoms with E-state index in [1.165, 1.54) is 0 Å². The molecular weight excluding hydrogens is 268 g/mol. The largest absolute Gasteiger partial charge is 0.481 e. The number of nitrogen functional groups attached to an aromatic ring is 1. The van der Waals surface area contributed by atoms with Crippen molar-refractivity contribution in [2.75, 3.05) is 23.7 Å². The molecule has 104 valence electrons. The summed E-state index contributed by atoms with van der Waals surface area (Å²) >= 11 is 6.14. The number of piperidine rings is 1. The Bertz CT molecular complexity index is 485. The SMILES string of the molecule is Nc1ccc(N2CCC(O)(CC(=O)O)CC2)c(Cl)c1. The first kappa shape index (κ1) is 14.0. The second kappa shape index (κ2) is 5.27. The third-order valence-corrected chi connectivity index (χ3v) is 3.79. The van der Waals surface area contributed by atoms with Crippen LogP contribution >= 0.6 is 11.6 Å². The summed E-state index contributed by atoms with van der Waals surface area (Å²) in [4.78, 5) is 12.7. The number of hydrogen-bond acceptors (Lipinski definition) is 4. The number of aliphatic hydroxyl groups is 1. The van der Waals surface area contributed by atoms with E-state index in [1.54, 1.807) is 12.1 Å². The summed E-state index contributed by atoms with van der Waals surface area (Å²) in [6, 6.07) is 5.31. The van der Waals surface area contributed by atoms with E-state index in [9.17, 15) is 9.90 Å². The van der Waals surface area contributed by atoms with E-state index in [-0.39, 0.29) is 6.42 Å². The summed E-state index contributed by atoms with van der Waals surface area (Å²) in [6.45, 7) is 1.15. The fourth-order valence-electron chi connectivity index (χ4n) is 2.40. The molecule has 0 aliphatic carbocycles. The molecule has 1 aromatic carbocycles. The van der Waals surface area contributed by atoms with Crippen molar-refractivity contribution in [2.24, 2.45) is 0 Å². The highest BCUT2D eigenvalue weighted by atomic mass is 35.5. The lowest BCUT2D eigenvalue weighted by atomic mass is 9.88. The first-order valence-corrected chi connectivity index (χ1v) is 6.52. The van der Waals surface area contributed by atoms with E-state index < -0.39 is 11.6 Å². The third-order valence-electron chi connectivity index (χ3n) is 3.49. The zero-order chi connectivity index (χ0) is 14.0. The molecule has 1 saturated heterocycles. The molecule has 0 unspecified atom stereocenters. The molecule has 0 atom stereocenters. The second-order valence-corrected chi connectivity index (χ2v) is 5.40. The van der Waals surface area contributed by atoms with Crippen LogP contribution in [0.15, 0.2) is 18.2 Å². The Morgan fingerprint density at radius 2 is 2.05 bits per heavy atom. The molecule has 0 radical (unpaired) electrons. The molecular formula is C13H17ClN2O3. The minimum absolute atomic E-state index is 0.212. The van der Waals surface area contributed by atoms with Crippen LogP contribution in [0.2, 0.25) is 5.02 Å². The van der Waals surface area contributed by atoms with Gasteiger partial charge in [0.25, 0.3) is 0 Å². The molecule has 2 rings (SSSR count). The molecule has 0 aromatic heterocycles. The summed E-state index contributed by atoms with van der Waals surface area (Å²) in [7, 11) is 0. The highest BCUT2D eigenvalue weighted by Crippen LogP contribution is 2.33. The van der Waals surface area contributed by atoms with Crippen LogP contribution in [0.3, 0.4) is 0 Å². The summed E-state index contributed by atoms with van der Waals surface area (Å²) in [6.07, 6.45) is 0.621. The topological polar surface area (TPSA) is 86.8 Å². The van der Waals surface area contributed by atoms with Gasteiger partial charge in [-0.3, -0.25) is 4.79 Å². The van der Waals surface area contributed by atoms with E-state index >= 15 is 0 Å². The molecule has 0 spiro atoms. The van der Waals surface area contributed by atoms with Crippen LogP contribution in [-0.4, -0.2) is 34.9 Å². The normalized spacial score (nSPS) is 18.3. The summed E-state index contributed by atoms with van der Waals surface area (Å²) < 4.78 is 0. The van der Waals surface area contributed by atoms with Crippen molar-refractivity contribution in [3.05, 3.63) is 23.2 Å². The number of hydrogen-bond donors (Lipinski definition) is 3. The highest BCUT2D eigenvalue weighted by Gasteiger charge is 2.34. The summed E-state index contributed by atoms with van der Waals surface area (Å²) in [5, 5.41) is 19.5. The van der Waals surface area contributed by atoms with Gasteiger partial charge in [0.05, 0.1) is 22.7 Å². The first-order valence-electron chi connectivity index (χ1n) is 6.14. The number of nitrogens with two attached hydrogens (primary N) is 1. The molecule has 19 heavy (non-hydrogen) atoms. The molecule has 0 saturated carbocycles. The Morgan fingerprint density at radius 1 is 1.42 bits per heavy atom. The third kappa shape index (κ3) is 3.30. The van der Waals surface area contributed by atoms with Crippen molar-refractivity contribution in [2.45, 2.75) is 24.9 Å². The van der Waals surface area contributed by atoms with Gasteiger partial charge in [-0.2, -0.15) is 0 Å². The van der Waals surface area contributed by atoms with Gasteiger partial charge < -0.3 is 20.8 Å². The number of carboxylic acid groups (broad SMARTS) is 1. The molecule has 0 amide bonds. The van der Waals surface area contributed by atoms with Crippen LogP contribution in [0, 0.1) is 0 Å². The van der Waals surface area contributed by atoms with Gasteiger partial charge in [-0.05, 0) is 31.0 Å². The number of nitrogens with zero attached hydrogens (tertiary/aromatic N) is 1. The molecule has 0 bridgehead atoms. The van der Waals surface area contributed by atoms with E-state index in [4.69, 9.17) is 22.4 Å². The Kier molecular flexibility index (Phi) is 3.87. The molecule has 5 nitrogen and oxygen atoms in total. The van der Waals surface area contributed by atoms with Crippen molar-refractivity contribution in [1.82, 2.24) is 0 Å². The maximum atomic E-state index is 10.7. The van der Waals surface area contributed by atoms with Gasteiger partial charge in [0, 0.05) is 18.8 Å². The van der Waals surface area contributed by atoms with E-state index in [0.717, 1.165) is 5.69 Å². The number of rotatable bonds is 3. The number of aliphatic carboxylic acids is 1. The predicted molar refractivity (Wildman–Crippen MR) is 74.5 cm³/mol. The number of carboxylic acids is 1. The predicted octanol–water partition coefficient (Wildman–Crippen LogP) is 1.73. The number of carbonyl (C=O) groups is 1. The lowest BCUT2D eigenvalue weighted by molar-refractivity contribution is -0.143. The maximum absolute atomic E-state index is 10.7. The Hall–Kier alpha value is -1.46. The number of halogens is 1. The van der Waals surface area contributed by atoms with Crippen molar-refractivity contribution >= 4 is 28.9 Å².